The van der Waals surface area contributed by atoms with Crippen molar-refractivity contribution in [1.29, 1.82) is 0 Å². The molecular weight excluding hydrogens is 499 g/mol. The molecule has 0 saturated heterocycles. The van der Waals surface area contributed by atoms with Crippen LogP contribution in [0.2, 0.25) is 0 Å². The van der Waals surface area contributed by atoms with Crippen LogP contribution in [0.15, 0.2) is 47.2 Å². The van der Waals surface area contributed by atoms with E-state index in [2.05, 4.69) is 31.0 Å². The molecule has 0 N–H and O–H groups in total. The van der Waals surface area contributed by atoms with Crippen LogP contribution in [0.3, 0.4) is 0 Å². The molecule has 168 valence electrons. The third kappa shape index (κ3) is 3.68. The van der Waals surface area contributed by atoms with Crippen molar-refractivity contribution in [2.75, 3.05) is 11.4 Å². The summed E-state index contributed by atoms with van der Waals surface area (Å²) in [6, 6.07) is 8.94. The highest BCUT2D eigenvalue weighted by Crippen LogP contribution is 2.33. The number of hydrogen-bond donors (Lipinski definition) is 0. The van der Waals surface area contributed by atoms with Gasteiger partial charge in [0.05, 0.1) is 17.6 Å². The summed E-state index contributed by atoms with van der Waals surface area (Å²) >= 11 is 3.39. The normalized spacial score (nSPS) is 14.1. The van der Waals surface area contributed by atoms with Gasteiger partial charge in [-0.1, -0.05) is 0 Å². The number of aromatic nitrogens is 4. The molecule has 3 heterocycles. The van der Waals surface area contributed by atoms with E-state index in [-0.39, 0.29) is 5.91 Å². The first-order chi connectivity index (χ1) is 15.6. The fraction of sp³-hybridized carbons (Fsp3) is 0.217. The van der Waals surface area contributed by atoms with E-state index in [9.17, 15) is 18.0 Å². The molecule has 0 aliphatic carbocycles. The fourth-order valence-electron chi connectivity index (χ4n) is 4.06. The van der Waals surface area contributed by atoms with Crippen molar-refractivity contribution < 1.29 is 18.0 Å². The molecule has 2 aromatic heterocycles. The van der Waals surface area contributed by atoms with Crippen LogP contribution in [0.5, 0.6) is 0 Å². The van der Waals surface area contributed by atoms with Crippen LogP contribution in [-0.4, -0.2) is 32.2 Å². The van der Waals surface area contributed by atoms with E-state index in [0.717, 1.165) is 28.9 Å². The summed E-state index contributed by atoms with van der Waals surface area (Å²) in [6.45, 7) is 4.84. The zero-order valence-electron chi connectivity index (χ0n) is 17.6. The predicted octanol–water partition coefficient (Wildman–Crippen LogP) is 5.55. The van der Waals surface area contributed by atoms with E-state index in [4.69, 9.17) is 0 Å². The maximum absolute atomic E-state index is 13.1. The van der Waals surface area contributed by atoms with Crippen molar-refractivity contribution in [2.24, 2.45) is 0 Å². The number of nitrogens with zero attached hydrogens (tertiary/aromatic N) is 5. The average Bonchev–Trinajstić information content (AvgIpc) is 3.07. The number of hydrogen-bond acceptors (Lipinski definition) is 4. The number of benzene rings is 2. The van der Waals surface area contributed by atoms with Gasteiger partial charge in [-0.25, -0.2) is 9.97 Å². The number of fused-ring (bicyclic) bond motifs is 2. The lowest BCUT2D eigenvalue weighted by molar-refractivity contribution is -0.137. The number of carbonyl (C=O) groups excluding carboxylic acids is 1. The quantitative estimate of drug-likeness (QED) is 0.351. The SMILES string of the molecule is Cc1cc(-c2ncc3cc(C(F)(F)F)ccc3n2)ccc1N1CCn2nc(Br)c(C)c2C1=O. The van der Waals surface area contributed by atoms with E-state index in [1.54, 1.807) is 9.58 Å². The van der Waals surface area contributed by atoms with Crippen molar-refractivity contribution in [3.63, 3.8) is 0 Å². The van der Waals surface area contributed by atoms with Crippen LogP contribution in [-0.2, 0) is 12.7 Å². The predicted molar refractivity (Wildman–Crippen MR) is 121 cm³/mol. The summed E-state index contributed by atoms with van der Waals surface area (Å²) in [4.78, 5) is 23.6. The van der Waals surface area contributed by atoms with Gasteiger partial charge >= 0.3 is 6.18 Å². The number of rotatable bonds is 2. The van der Waals surface area contributed by atoms with Crippen molar-refractivity contribution in [1.82, 2.24) is 19.7 Å². The maximum Gasteiger partial charge on any atom is 0.416 e. The summed E-state index contributed by atoms with van der Waals surface area (Å²) in [5.41, 5.74) is 3.41. The number of anilines is 1. The van der Waals surface area contributed by atoms with Gasteiger partial charge in [-0.2, -0.15) is 18.3 Å². The third-order valence-corrected chi connectivity index (χ3v) is 6.52. The van der Waals surface area contributed by atoms with Crippen LogP contribution in [0.4, 0.5) is 18.9 Å². The first kappa shape index (κ1) is 21.6. The van der Waals surface area contributed by atoms with Crippen molar-refractivity contribution in [2.45, 2.75) is 26.6 Å². The lowest BCUT2D eigenvalue weighted by atomic mass is 10.1. The highest BCUT2D eigenvalue weighted by Gasteiger charge is 2.31. The zero-order chi connectivity index (χ0) is 23.5. The largest absolute Gasteiger partial charge is 0.416 e. The molecule has 2 aromatic carbocycles. The smallest absolute Gasteiger partial charge is 0.305 e. The zero-order valence-corrected chi connectivity index (χ0v) is 19.2. The summed E-state index contributed by atoms with van der Waals surface area (Å²) in [7, 11) is 0. The molecule has 6 nitrogen and oxygen atoms in total. The Bertz CT molecular complexity index is 1430. The lowest BCUT2D eigenvalue weighted by Crippen LogP contribution is -2.41. The molecule has 0 atom stereocenters. The Labute approximate surface area is 195 Å². The minimum atomic E-state index is -4.42. The molecule has 33 heavy (non-hydrogen) atoms. The van der Waals surface area contributed by atoms with Gasteiger partial charge in [0.15, 0.2) is 5.82 Å². The second-order valence-corrected chi connectivity index (χ2v) is 8.66. The topological polar surface area (TPSA) is 63.9 Å². The van der Waals surface area contributed by atoms with Crippen LogP contribution >= 0.6 is 15.9 Å². The number of carbonyl (C=O) groups is 1. The first-order valence-electron chi connectivity index (χ1n) is 10.1. The van der Waals surface area contributed by atoms with Gasteiger partial charge in [0, 0.05) is 34.9 Å². The standard InChI is InChI=1S/C23H17BrF3N5O/c1-12-9-14(21-28-11-15-10-16(23(25,26)27)4-5-17(15)29-21)3-6-18(12)31-7-8-32-19(22(31)33)13(2)20(24)30-32/h3-6,9-11H,7-8H2,1-2H3. The second kappa shape index (κ2) is 7.65. The Kier molecular flexibility index (Phi) is 5.00. The van der Waals surface area contributed by atoms with Crippen LogP contribution in [0, 0.1) is 13.8 Å². The van der Waals surface area contributed by atoms with Crippen molar-refractivity contribution in [3.05, 3.63) is 69.6 Å². The van der Waals surface area contributed by atoms with Crippen molar-refractivity contribution >= 4 is 38.4 Å². The van der Waals surface area contributed by atoms with Crippen LogP contribution in [0.1, 0.15) is 27.2 Å². The average molecular weight is 516 g/mol. The van der Waals surface area contributed by atoms with E-state index < -0.39 is 11.7 Å². The molecular formula is C23H17BrF3N5O. The number of alkyl halides is 3. The van der Waals surface area contributed by atoms with Crippen molar-refractivity contribution in [3.8, 4) is 11.4 Å². The molecule has 0 unspecified atom stereocenters. The molecule has 5 rings (SSSR count). The summed E-state index contributed by atoms with van der Waals surface area (Å²) < 4.78 is 41.2. The minimum absolute atomic E-state index is 0.116. The third-order valence-electron chi connectivity index (χ3n) is 5.77. The maximum atomic E-state index is 13.1. The molecule has 0 spiro atoms. The molecule has 0 fully saturated rings. The van der Waals surface area contributed by atoms with Gasteiger partial charge in [0.25, 0.3) is 5.91 Å². The lowest BCUT2D eigenvalue weighted by Gasteiger charge is -2.29. The minimum Gasteiger partial charge on any atom is -0.305 e. The fourth-order valence-corrected chi connectivity index (χ4v) is 4.43. The Hall–Kier alpha value is -3.27. The number of aryl methyl sites for hydroxylation is 1. The van der Waals surface area contributed by atoms with Gasteiger partial charge in [0.2, 0.25) is 0 Å². The molecule has 10 heteroatoms. The van der Waals surface area contributed by atoms with E-state index in [1.165, 1.54) is 12.3 Å². The van der Waals surface area contributed by atoms with E-state index in [0.29, 0.717) is 45.7 Å². The van der Waals surface area contributed by atoms with Gasteiger partial charge in [-0.3, -0.25) is 9.48 Å². The Morgan fingerprint density at radius 2 is 1.85 bits per heavy atom. The first-order valence-corrected chi connectivity index (χ1v) is 10.9. The molecule has 1 aliphatic rings. The molecule has 4 aromatic rings. The summed E-state index contributed by atoms with van der Waals surface area (Å²) in [5.74, 6) is 0.287. The van der Waals surface area contributed by atoms with E-state index >= 15 is 0 Å². The highest BCUT2D eigenvalue weighted by molar-refractivity contribution is 9.10. The molecule has 0 bridgehead atoms. The van der Waals surface area contributed by atoms with Crippen LogP contribution < -0.4 is 4.90 Å². The van der Waals surface area contributed by atoms with Crippen LogP contribution in [0.25, 0.3) is 22.3 Å². The summed E-state index contributed by atoms with van der Waals surface area (Å²) in [6.07, 6.45) is -3.02. The second-order valence-electron chi connectivity index (χ2n) is 7.91. The number of halogens is 4. The molecule has 1 aliphatic heterocycles. The summed E-state index contributed by atoms with van der Waals surface area (Å²) in [5, 5.41) is 4.67. The number of amides is 1. The van der Waals surface area contributed by atoms with Gasteiger partial charge in [0.1, 0.15) is 10.3 Å². The van der Waals surface area contributed by atoms with Gasteiger partial charge in [-0.15, -0.1) is 0 Å². The van der Waals surface area contributed by atoms with Gasteiger partial charge in [-0.05, 0) is 71.7 Å². The van der Waals surface area contributed by atoms with Gasteiger partial charge < -0.3 is 4.90 Å². The Morgan fingerprint density at radius 3 is 2.58 bits per heavy atom. The molecule has 1 amide bonds. The monoisotopic (exact) mass is 515 g/mol. The Balaban J connectivity index is 1.47. The Morgan fingerprint density at radius 1 is 1.06 bits per heavy atom. The molecule has 0 radical (unpaired) electrons. The molecule has 0 saturated carbocycles. The highest BCUT2D eigenvalue weighted by atomic mass is 79.9. The van der Waals surface area contributed by atoms with E-state index in [1.807, 2.05) is 32.0 Å².